The number of ether oxygens (including phenoxy) is 2. The fraction of sp³-hybridized carbons (Fsp3) is 0.500. The van der Waals surface area contributed by atoms with Gasteiger partial charge >= 0.3 is 18.0 Å². The van der Waals surface area contributed by atoms with Crippen LogP contribution in [0.3, 0.4) is 0 Å². The molecular formula is C34H42ClFN2O8S. The fourth-order valence-corrected chi connectivity index (χ4v) is 9.04. The lowest BCUT2D eigenvalue weighted by atomic mass is 9.81. The summed E-state index contributed by atoms with van der Waals surface area (Å²) >= 11 is 6.44. The van der Waals surface area contributed by atoms with Gasteiger partial charge in [-0.3, -0.25) is 9.21 Å². The van der Waals surface area contributed by atoms with Crippen molar-refractivity contribution < 1.29 is 41.8 Å². The summed E-state index contributed by atoms with van der Waals surface area (Å²) in [5, 5.41) is 9.27. The number of likely N-dealkylation sites (tertiary alicyclic amines) is 1. The summed E-state index contributed by atoms with van der Waals surface area (Å²) in [6.07, 6.45) is 2.67. The summed E-state index contributed by atoms with van der Waals surface area (Å²) in [7, 11) is -4.34. The molecule has 2 aliphatic rings. The van der Waals surface area contributed by atoms with Gasteiger partial charge in [-0.25, -0.2) is 27.2 Å². The van der Waals surface area contributed by atoms with Crippen molar-refractivity contribution in [2.45, 2.75) is 96.6 Å². The van der Waals surface area contributed by atoms with Crippen molar-refractivity contribution in [2.75, 3.05) is 17.5 Å². The number of sulfonamides is 1. The highest BCUT2D eigenvalue weighted by Gasteiger charge is 2.54. The van der Waals surface area contributed by atoms with Gasteiger partial charge in [0.05, 0.1) is 29.4 Å². The first-order chi connectivity index (χ1) is 21.9. The number of rotatable bonds is 9. The number of benzene rings is 2. The van der Waals surface area contributed by atoms with Gasteiger partial charge in [0.2, 0.25) is 10.0 Å². The first-order valence-corrected chi connectivity index (χ1v) is 17.5. The topological polar surface area (TPSA) is 131 Å². The predicted molar refractivity (Wildman–Crippen MR) is 176 cm³/mol. The van der Waals surface area contributed by atoms with Crippen LogP contribution in [-0.4, -0.2) is 60.5 Å². The number of hydrogen-bond acceptors (Lipinski definition) is 7. The number of amides is 1. The Bertz CT molecular complexity index is 1680. The maximum atomic E-state index is 14.5. The zero-order valence-electron chi connectivity index (χ0n) is 27.6. The highest BCUT2D eigenvalue weighted by atomic mass is 35.5. The van der Waals surface area contributed by atoms with Gasteiger partial charge in [-0.15, -0.1) is 0 Å². The Morgan fingerprint density at radius 1 is 1.13 bits per heavy atom. The molecule has 1 aliphatic heterocycles. The van der Waals surface area contributed by atoms with Crippen LogP contribution >= 0.6 is 11.6 Å². The monoisotopic (exact) mass is 692 g/mol. The molecule has 1 N–H and O–H groups in total. The minimum absolute atomic E-state index is 0.0233. The van der Waals surface area contributed by atoms with E-state index >= 15 is 0 Å². The van der Waals surface area contributed by atoms with Gasteiger partial charge in [0.15, 0.2) is 5.54 Å². The van der Waals surface area contributed by atoms with Crippen molar-refractivity contribution in [1.82, 2.24) is 4.90 Å². The van der Waals surface area contributed by atoms with E-state index in [1.807, 2.05) is 0 Å². The molecule has 1 fully saturated rings. The van der Waals surface area contributed by atoms with E-state index < -0.39 is 50.3 Å². The number of aryl methyl sites for hydroxylation is 2. The Hall–Kier alpha value is -3.64. The van der Waals surface area contributed by atoms with Crippen LogP contribution in [0.15, 0.2) is 42.0 Å². The summed E-state index contributed by atoms with van der Waals surface area (Å²) in [4.78, 5) is 40.4. The van der Waals surface area contributed by atoms with E-state index in [0.29, 0.717) is 41.5 Å². The number of allylic oxidation sites excluding steroid dienone is 1. The lowest BCUT2D eigenvalue weighted by molar-refractivity contribution is -0.150. The van der Waals surface area contributed by atoms with Gasteiger partial charge in [-0.2, -0.15) is 0 Å². The van der Waals surface area contributed by atoms with E-state index in [9.17, 15) is 32.3 Å². The van der Waals surface area contributed by atoms with Gasteiger partial charge in [-0.1, -0.05) is 29.8 Å². The Kier molecular flexibility index (Phi) is 10.7. The van der Waals surface area contributed by atoms with Crippen molar-refractivity contribution in [2.24, 2.45) is 0 Å². The molecule has 0 aromatic heterocycles. The van der Waals surface area contributed by atoms with Crippen molar-refractivity contribution in [3.8, 4) is 0 Å². The highest BCUT2D eigenvalue weighted by Crippen LogP contribution is 2.44. The van der Waals surface area contributed by atoms with E-state index in [0.717, 1.165) is 16.4 Å². The summed E-state index contributed by atoms with van der Waals surface area (Å²) in [5.74, 6) is -2.56. The van der Waals surface area contributed by atoms with Gasteiger partial charge in [-0.05, 0) is 114 Å². The van der Waals surface area contributed by atoms with E-state index in [1.54, 1.807) is 59.8 Å². The molecule has 1 unspecified atom stereocenters. The van der Waals surface area contributed by atoms with Crippen molar-refractivity contribution in [3.63, 3.8) is 0 Å². The Labute approximate surface area is 280 Å². The lowest BCUT2D eigenvalue weighted by Gasteiger charge is -2.38. The number of carbonyl (C=O) groups is 3. The van der Waals surface area contributed by atoms with Gasteiger partial charge in [0, 0.05) is 6.54 Å². The number of carbonyl (C=O) groups excluding carboxylic acids is 2. The molecule has 4 rings (SSSR count). The number of carboxylic acid groups (broad SMARTS) is 1. The molecule has 1 aliphatic carbocycles. The normalized spacial score (nSPS) is 20.0. The first-order valence-electron chi connectivity index (χ1n) is 15.6. The van der Waals surface area contributed by atoms with Crippen LogP contribution in [0.5, 0.6) is 0 Å². The molecule has 0 saturated carbocycles. The quantitative estimate of drug-likeness (QED) is 0.285. The average Bonchev–Trinajstić information content (AvgIpc) is 3.41. The smallest absolute Gasteiger partial charge is 0.411 e. The van der Waals surface area contributed by atoms with Crippen molar-refractivity contribution >= 4 is 45.3 Å². The van der Waals surface area contributed by atoms with Crippen LogP contribution in [0.1, 0.15) is 82.1 Å². The van der Waals surface area contributed by atoms with Crippen LogP contribution in [0, 0.1) is 19.7 Å². The first kappa shape index (κ1) is 36.2. The van der Waals surface area contributed by atoms with Crippen molar-refractivity contribution in [3.05, 3.63) is 75.1 Å². The molecule has 2 aromatic rings. The summed E-state index contributed by atoms with van der Waals surface area (Å²) < 4.78 is 54.8. The summed E-state index contributed by atoms with van der Waals surface area (Å²) in [6.45, 7) is 10.2. The molecule has 0 spiro atoms. The van der Waals surface area contributed by atoms with Gasteiger partial charge in [0.25, 0.3) is 0 Å². The molecule has 256 valence electrons. The second-order valence-electron chi connectivity index (χ2n) is 13.0. The molecule has 1 heterocycles. The number of hydrogen-bond donors (Lipinski definition) is 1. The molecule has 13 heteroatoms. The number of anilines is 1. The third kappa shape index (κ3) is 7.28. The zero-order valence-corrected chi connectivity index (χ0v) is 29.1. The minimum atomic E-state index is -4.34. The standard InChI is InChI=1S/C34H42ClFN2O8S/c1-7-45-30(39)25-11-8-9-12-28(25)47(43,44)38(27-14-13-24(36)19-26(27)35)20-23-17-21(2)29(22(3)18-23)34(31(40)41)15-10-16-37(34)32(42)46-33(4,5)6/h11,13-14,17-19,28H,7-10,12,15-16,20H2,1-6H3,(H,40,41)/t28?,34-/m0/s1. The van der Waals surface area contributed by atoms with E-state index in [4.69, 9.17) is 21.1 Å². The molecular weight excluding hydrogens is 651 g/mol. The second-order valence-corrected chi connectivity index (χ2v) is 15.4. The predicted octanol–water partition coefficient (Wildman–Crippen LogP) is 6.79. The maximum Gasteiger partial charge on any atom is 0.411 e. The molecule has 47 heavy (non-hydrogen) atoms. The van der Waals surface area contributed by atoms with Crippen molar-refractivity contribution in [1.29, 1.82) is 0 Å². The Morgan fingerprint density at radius 3 is 2.36 bits per heavy atom. The van der Waals surface area contributed by atoms with Gasteiger partial charge in [0.1, 0.15) is 16.7 Å². The Morgan fingerprint density at radius 2 is 1.79 bits per heavy atom. The van der Waals surface area contributed by atoms with Crippen LogP contribution in [0.2, 0.25) is 5.02 Å². The molecule has 1 amide bonds. The second kappa shape index (κ2) is 13.8. The molecule has 1 saturated heterocycles. The molecule has 0 radical (unpaired) electrons. The molecule has 10 nitrogen and oxygen atoms in total. The number of aliphatic carboxylic acids is 1. The van der Waals surface area contributed by atoms with Crippen LogP contribution in [0.4, 0.5) is 14.9 Å². The lowest BCUT2D eigenvalue weighted by Crippen LogP contribution is -2.52. The summed E-state index contributed by atoms with van der Waals surface area (Å²) in [5.41, 5.74) is -0.488. The van der Waals surface area contributed by atoms with E-state index in [1.165, 1.54) is 11.0 Å². The molecule has 2 aromatic carbocycles. The fourth-order valence-electron chi connectivity index (χ4n) is 6.67. The SMILES string of the molecule is CCOC(=O)C1=CCCCC1S(=O)(=O)N(Cc1cc(C)c([C@]2(C(=O)O)CCCN2C(=O)OC(C)(C)C)c(C)c1)c1ccc(F)cc1Cl. The molecule has 2 atom stereocenters. The Balaban J connectivity index is 1.82. The zero-order chi connectivity index (χ0) is 34.9. The number of carboxylic acids is 1. The van der Waals surface area contributed by atoms with Gasteiger partial charge < -0.3 is 14.6 Å². The largest absolute Gasteiger partial charge is 0.479 e. The van der Waals surface area contributed by atoms with Crippen LogP contribution < -0.4 is 4.31 Å². The minimum Gasteiger partial charge on any atom is -0.479 e. The number of esters is 1. The average molecular weight is 693 g/mol. The number of halogens is 2. The van der Waals surface area contributed by atoms with Crippen LogP contribution in [0.25, 0.3) is 0 Å². The molecule has 0 bridgehead atoms. The summed E-state index contributed by atoms with van der Waals surface area (Å²) in [6, 6.07) is 6.76. The highest BCUT2D eigenvalue weighted by molar-refractivity contribution is 7.93. The maximum absolute atomic E-state index is 14.5. The third-order valence-electron chi connectivity index (χ3n) is 8.42. The van der Waals surface area contributed by atoms with E-state index in [2.05, 4.69) is 0 Å². The number of nitrogens with zero attached hydrogens (tertiary/aromatic N) is 2. The van der Waals surface area contributed by atoms with E-state index in [-0.39, 0.29) is 48.8 Å². The van der Waals surface area contributed by atoms with Crippen LogP contribution in [-0.2, 0) is 41.2 Å². The third-order valence-corrected chi connectivity index (χ3v) is 10.9.